The number of nitrogens with zero attached hydrogens (tertiary/aromatic N) is 3. The molecule has 0 fully saturated rings. The maximum absolute atomic E-state index is 6.30. The molecule has 0 saturated carbocycles. The van der Waals surface area contributed by atoms with E-state index in [1.165, 1.54) is 0 Å². The summed E-state index contributed by atoms with van der Waals surface area (Å²) < 4.78 is 6.03. The third-order valence-corrected chi connectivity index (χ3v) is 5.78. The molecule has 0 aliphatic carbocycles. The second-order valence-corrected chi connectivity index (χ2v) is 7.85. The average molecular weight is 437 g/mol. The van der Waals surface area contributed by atoms with Crippen LogP contribution < -0.4 is 5.32 Å². The summed E-state index contributed by atoms with van der Waals surface area (Å²) in [6.07, 6.45) is 1.42. The van der Waals surface area contributed by atoms with Crippen molar-refractivity contribution in [3.63, 3.8) is 0 Å². The van der Waals surface area contributed by atoms with Crippen LogP contribution in [0.2, 0.25) is 5.15 Å². The summed E-state index contributed by atoms with van der Waals surface area (Å²) in [7, 11) is 0. The van der Waals surface area contributed by atoms with Crippen LogP contribution in [-0.4, -0.2) is 16.7 Å². The first-order valence-corrected chi connectivity index (χ1v) is 10.7. The third kappa shape index (κ3) is 3.15. The van der Waals surface area contributed by atoms with Gasteiger partial charge in [-0.25, -0.2) is 15.0 Å². The molecule has 0 saturated heterocycles. The Hall–Kier alpha value is -3.96. The molecule has 1 aliphatic heterocycles. The summed E-state index contributed by atoms with van der Waals surface area (Å²) in [5, 5.41) is 5.71. The van der Waals surface area contributed by atoms with Gasteiger partial charge in [0, 0.05) is 28.1 Å². The predicted octanol–water partition coefficient (Wildman–Crippen LogP) is 6.13. The van der Waals surface area contributed by atoms with Crippen LogP contribution in [0.25, 0.3) is 21.9 Å². The summed E-state index contributed by atoms with van der Waals surface area (Å²) in [5.74, 6) is 1.41. The molecule has 1 aliphatic rings. The lowest BCUT2D eigenvalue weighted by atomic mass is 10.0. The number of aromatic nitrogens is 1. The normalized spacial score (nSPS) is 16.0. The quantitative estimate of drug-likeness (QED) is 0.346. The number of benzene rings is 3. The van der Waals surface area contributed by atoms with Crippen molar-refractivity contribution in [3.8, 4) is 0 Å². The molecule has 6 rings (SSSR count). The van der Waals surface area contributed by atoms with Gasteiger partial charge in [-0.15, -0.1) is 0 Å². The van der Waals surface area contributed by atoms with Crippen molar-refractivity contribution in [2.24, 2.45) is 9.98 Å². The molecule has 0 bridgehead atoms. The zero-order chi connectivity index (χ0) is 21.5. The Balaban J connectivity index is 1.57. The van der Waals surface area contributed by atoms with E-state index >= 15 is 0 Å². The minimum absolute atomic E-state index is 0.266. The van der Waals surface area contributed by atoms with Crippen molar-refractivity contribution in [1.29, 1.82) is 0 Å². The Labute approximate surface area is 189 Å². The second kappa shape index (κ2) is 7.62. The van der Waals surface area contributed by atoms with Gasteiger partial charge in [0.15, 0.2) is 16.6 Å². The summed E-state index contributed by atoms with van der Waals surface area (Å²) >= 11 is 6.30. The summed E-state index contributed by atoms with van der Waals surface area (Å²) in [5.41, 5.74) is 4.25. The van der Waals surface area contributed by atoms with Gasteiger partial charge in [0.1, 0.15) is 17.6 Å². The smallest absolute Gasteiger partial charge is 0.172 e. The molecular formula is C26H17ClN4O. The minimum atomic E-state index is -0.266. The van der Waals surface area contributed by atoms with Crippen molar-refractivity contribution < 1.29 is 4.42 Å². The van der Waals surface area contributed by atoms with E-state index in [1.54, 1.807) is 6.20 Å². The second-order valence-electron chi connectivity index (χ2n) is 7.50. The zero-order valence-corrected chi connectivity index (χ0v) is 17.6. The number of nitrogens with one attached hydrogen (secondary N) is 1. The molecule has 6 heteroatoms. The van der Waals surface area contributed by atoms with Gasteiger partial charge in [0.25, 0.3) is 0 Å². The van der Waals surface area contributed by atoms with Gasteiger partial charge in [-0.3, -0.25) is 0 Å². The van der Waals surface area contributed by atoms with E-state index in [4.69, 9.17) is 26.0 Å². The monoisotopic (exact) mass is 436 g/mol. The largest absolute Gasteiger partial charge is 0.453 e. The van der Waals surface area contributed by atoms with E-state index < -0.39 is 0 Å². The number of fused-ring (bicyclic) bond motifs is 3. The fourth-order valence-electron chi connectivity index (χ4n) is 4.03. The standard InChI is InChI=1S/C26H17ClN4O/c27-23-22-18(14-15-28-23)21-19(12-7-13-20(21)32-22)26-30-24(16-8-3-1-4-9-16)29-25(31-26)17-10-5-2-6-11-17/h1-15,24H,(H,29,30,31). The van der Waals surface area contributed by atoms with Crippen LogP contribution in [0.3, 0.4) is 0 Å². The number of amidine groups is 2. The Bertz CT molecular complexity index is 1510. The van der Waals surface area contributed by atoms with E-state index in [2.05, 4.69) is 22.4 Å². The van der Waals surface area contributed by atoms with Crippen LogP contribution in [0.1, 0.15) is 22.9 Å². The van der Waals surface area contributed by atoms with Gasteiger partial charge in [-0.2, -0.15) is 0 Å². The zero-order valence-electron chi connectivity index (χ0n) is 16.9. The first-order valence-electron chi connectivity index (χ1n) is 10.3. The van der Waals surface area contributed by atoms with Gasteiger partial charge >= 0.3 is 0 Å². The summed E-state index contributed by atoms with van der Waals surface area (Å²) in [6.45, 7) is 0. The SMILES string of the molecule is Clc1nccc2c1oc1cccc(C3=NC(c4ccccc4)=NC(c4ccccc4)N3)c12. The molecule has 1 N–H and O–H groups in total. The lowest BCUT2D eigenvalue weighted by Gasteiger charge is -2.24. The molecule has 32 heavy (non-hydrogen) atoms. The predicted molar refractivity (Wildman–Crippen MR) is 128 cm³/mol. The number of pyridine rings is 1. The van der Waals surface area contributed by atoms with E-state index in [-0.39, 0.29) is 6.17 Å². The molecule has 5 nitrogen and oxygen atoms in total. The highest BCUT2D eigenvalue weighted by atomic mass is 35.5. The Morgan fingerprint density at radius 2 is 1.62 bits per heavy atom. The van der Waals surface area contributed by atoms with Crippen LogP contribution in [0.4, 0.5) is 0 Å². The van der Waals surface area contributed by atoms with Crippen LogP contribution in [0.5, 0.6) is 0 Å². The Kier molecular flexibility index (Phi) is 4.47. The van der Waals surface area contributed by atoms with Crippen molar-refractivity contribution in [3.05, 3.63) is 113 Å². The molecule has 154 valence electrons. The average Bonchev–Trinajstić information content (AvgIpc) is 3.25. The van der Waals surface area contributed by atoms with Gasteiger partial charge in [0.05, 0.1) is 0 Å². The maximum atomic E-state index is 6.30. The van der Waals surface area contributed by atoms with Crippen LogP contribution in [-0.2, 0) is 0 Å². The van der Waals surface area contributed by atoms with E-state index in [0.29, 0.717) is 16.6 Å². The van der Waals surface area contributed by atoms with E-state index in [0.717, 1.165) is 38.9 Å². The first kappa shape index (κ1) is 18.8. The van der Waals surface area contributed by atoms with Crippen molar-refractivity contribution in [2.45, 2.75) is 6.17 Å². The maximum Gasteiger partial charge on any atom is 0.172 e. The van der Waals surface area contributed by atoms with Crippen molar-refractivity contribution in [1.82, 2.24) is 10.3 Å². The van der Waals surface area contributed by atoms with E-state index in [1.807, 2.05) is 72.8 Å². The van der Waals surface area contributed by atoms with Crippen LogP contribution >= 0.6 is 11.6 Å². The van der Waals surface area contributed by atoms with Gasteiger partial charge in [0.2, 0.25) is 0 Å². The lowest BCUT2D eigenvalue weighted by Crippen LogP contribution is -2.33. The highest BCUT2D eigenvalue weighted by molar-refractivity contribution is 6.35. The van der Waals surface area contributed by atoms with Crippen LogP contribution in [0, 0.1) is 0 Å². The fourth-order valence-corrected chi connectivity index (χ4v) is 4.22. The first-order chi connectivity index (χ1) is 15.8. The molecule has 1 atom stereocenters. The Morgan fingerprint density at radius 1 is 0.844 bits per heavy atom. The number of aliphatic imine (C=N–C) groups is 2. The number of hydrogen-bond acceptors (Lipinski definition) is 5. The summed E-state index contributed by atoms with van der Waals surface area (Å²) in [4.78, 5) is 14.0. The van der Waals surface area contributed by atoms with Gasteiger partial charge in [-0.1, -0.05) is 84.4 Å². The van der Waals surface area contributed by atoms with Crippen molar-refractivity contribution >= 4 is 45.2 Å². The minimum Gasteiger partial charge on any atom is -0.453 e. The molecule has 5 aromatic rings. The molecule has 0 radical (unpaired) electrons. The van der Waals surface area contributed by atoms with Crippen LogP contribution in [0.15, 0.2) is 106 Å². The summed E-state index contributed by atoms with van der Waals surface area (Å²) in [6, 6.07) is 28.0. The van der Waals surface area contributed by atoms with Crippen molar-refractivity contribution in [2.75, 3.05) is 0 Å². The molecule has 2 aromatic heterocycles. The Morgan fingerprint density at radius 3 is 2.44 bits per heavy atom. The molecule has 1 unspecified atom stereocenters. The molecule has 0 spiro atoms. The molecular weight excluding hydrogens is 420 g/mol. The highest BCUT2D eigenvalue weighted by Gasteiger charge is 2.24. The highest BCUT2D eigenvalue weighted by Crippen LogP contribution is 2.35. The number of furan rings is 1. The topological polar surface area (TPSA) is 62.8 Å². The van der Waals surface area contributed by atoms with Gasteiger partial charge < -0.3 is 9.73 Å². The lowest BCUT2D eigenvalue weighted by molar-refractivity contribution is 0.666. The van der Waals surface area contributed by atoms with Gasteiger partial charge in [-0.05, 0) is 17.7 Å². The number of halogens is 1. The number of rotatable bonds is 3. The third-order valence-electron chi connectivity index (χ3n) is 5.51. The van der Waals surface area contributed by atoms with E-state index in [9.17, 15) is 0 Å². The molecule has 3 heterocycles. The number of hydrogen-bond donors (Lipinski definition) is 1. The molecule has 0 amide bonds. The molecule has 3 aromatic carbocycles. The fraction of sp³-hybridized carbons (Fsp3) is 0.0385.